The van der Waals surface area contributed by atoms with E-state index in [9.17, 15) is 18.0 Å². The zero-order valence-corrected chi connectivity index (χ0v) is 15.6. The van der Waals surface area contributed by atoms with Crippen molar-refractivity contribution >= 4 is 28.8 Å². The summed E-state index contributed by atoms with van der Waals surface area (Å²) in [4.78, 5) is 17.7. The summed E-state index contributed by atoms with van der Waals surface area (Å²) < 4.78 is 39.2. The van der Waals surface area contributed by atoms with E-state index in [-0.39, 0.29) is 28.6 Å². The molecule has 0 aliphatic carbocycles. The second kappa shape index (κ2) is 7.16. The van der Waals surface area contributed by atoms with Crippen LogP contribution in [0.1, 0.15) is 30.3 Å². The molecule has 0 unspecified atom stereocenters. The molecule has 26 heavy (non-hydrogen) atoms. The average molecular weight is 408 g/mol. The number of carbonyl (C=O) groups is 1. The maximum absolute atomic E-state index is 12.7. The van der Waals surface area contributed by atoms with E-state index < -0.39 is 11.2 Å². The minimum absolute atomic E-state index is 0.0992. The van der Waals surface area contributed by atoms with Gasteiger partial charge in [0.2, 0.25) is 5.91 Å². The van der Waals surface area contributed by atoms with E-state index >= 15 is 0 Å². The van der Waals surface area contributed by atoms with Crippen molar-refractivity contribution in [3.8, 4) is 5.00 Å². The molecule has 2 aromatic rings. The Balaban J connectivity index is 1.67. The smallest absolute Gasteiger partial charge is 0.350 e. The number of likely N-dealkylation sites (N-methyl/N-ethyl adjacent to an activating group) is 1. The minimum Gasteiger partial charge on any atom is -0.350 e. The Labute approximate surface area is 157 Å². The van der Waals surface area contributed by atoms with Crippen molar-refractivity contribution in [3.05, 3.63) is 28.1 Å². The first-order valence-corrected chi connectivity index (χ1v) is 9.13. The van der Waals surface area contributed by atoms with Gasteiger partial charge in [0.25, 0.3) is 0 Å². The van der Waals surface area contributed by atoms with E-state index in [0.717, 1.165) is 19.0 Å². The number of hydrogen-bond donors (Lipinski definition) is 1. The number of rotatable bonds is 4. The highest BCUT2D eigenvalue weighted by molar-refractivity contribution is 7.14. The van der Waals surface area contributed by atoms with Crippen molar-refractivity contribution in [2.75, 3.05) is 7.05 Å². The van der Waals surface area contributed by atoms with Crippen molar-refractivity contribution in [2.45, 2.75) is 44.6 Å². The van der Waals surface area contributed by atoms with Gasteiger partial charge in [0, 0.05) is 24.3 Å². The van der Waals surface area contributed by atoms with Gasteiger partial charge >= 0.3 is 6.18 Å². The number of alkyl halides is 3. The summed E-state index contributed by atoms with van der Waals surface area (Å²) >= 11 is 6.53. The van der Waals surface area contributed by atoms with Crippen LogP contribution in [0.25, 0.3) is 5.00 Å². The molecule has 3 heterocycles. The number of halogens is 4. The van der Waals surface area contributed by atoms with Gasteiger partial charge in [-0.1, -0.05) is 22.9 Å². The van der Waals surface area contributed by atoms with Crippen molar-refractivity contribution in [3.63, 3.8) is 0 Å². The normalized spacial score (nSPS) is 21.3. The zero-order chi connectivity index (χ0) is 19.1. The molecular formula is C15H17ClF3N5OS. The Hall–Kier alpha value is -1.65. The molecule has 6 nitrogen and oxygen atoms in total. The summed E-state index contributed by atoms with van der Waals surface area (Å²) in [5.74, 6) is -0.0992. The van der Waals surface area contributed by atoms with Gasteiger partial charge in [-0.05, 0) is 26.8 Å². The van der Waals surface area contributed by atoms with Gasteiger partial charge in [-0.2, -0.15) is 18.3 Å². The first-order chi connectivity index (χ1) is 12.2. The lowest BCUT2D eigenvalue weighted by Crippen LogP contribution is -2.43. The first kappa shape index (κ1) is 19.1. The standard InChI is InChI=1S/C15H17ClF3N5OS/c1-8-3-4-10(23(8)2)13(25)20-5-9-7-24(22-12(9)16)11-6-21-14(26-11)15(17,18)19/h6-8,10H,3-5H2,1-2H3,(H,20,25)/t8-,10-/m0/s1. The average Bonchev–Trinajstić information content (AvgIpc) is 3.25. The molecule has 2 aromatic heterocycles. The van der Waals surface area contributed by atoms with Crippen LogP contribution in [0.5, 0.6) is 0 Å². The highest BCUT2D eigenvalue weighted by Gasteiger charge is 2.35. The number of hydrogen-bond acceptors (Lipinski definition) is 5. The zero-order valence-electron chi connectivity index (χ0n) is 14.0. The number of likely N-dealkylation sites (tertiary alicyclic amines) is 1. The van der Waals surface area contributed by atoms with Crippen LogP contribution >= 0.6 is 22.9 Å². The molecule has 142 valence electrons. The van der Waals surface area contributed by atoms with Crippen LogP contribution in [0.2, 0.25) is 5.15 Å². The molecule has 1 amide bonds. The third-order valence-corrected chi connectivity index (χ3v) is 5.85. The minimum atomic E-state index is -4.50. The van der Waals surface area contributed by atoms with E-state index in [1.807, 2.05) is 11.9 Å². The van der Waals surface area contributed by atoms with Crippen molar-refractivity contribution < 1.29 is 18.0 Å². The van der Waals surface area contributed by atoms with Crippen LogP contribution in [0, 0.1) is 0 Å². The fourth-order valence-corrected chi connectivity index (χ4v) is 3.76. The molecule has 1 aliphatic rings. The van der Waals surface area contributed by atoms with Gasteiger partial charge < -0.3 is 5.32 Å². The highest BCUT2D eigenvalue weighted by atomic mass is 35.5. The molecule has 0 saturated carbocycles. The predicted molar refractivity (Wildman–Crippen MR) is 91.3 cm³/mol. The molecular weight excluding hydrogens is 391 g/mol. The van der Waals surface area contributed by atoms with Crippen LogP contribution in [0.3, 0.4) is 0 Å². The summed E-state index contributed by atoms with van der Waals surface area (Å²) in [6.45, 7) is 2.22. The van der Waals surface area contributed by atoms with Gasteiger partial charge in [0.15, 0.2) is 10.2 Å². The van der Waals surface area contributed by atoms with Crippen LogP contribution in [-0.4, -0.2) is 44.7 Å². The maximum atomic E-state index is 12.7. The SMILES string of the molecule is C[C@H]1CC[C@@H](C(=O)NCc2cn(-c3cnc(C(F)(F)F)s3)nc2Cl)N1C. The monoisotopic (exact) mass is 407 g/mol. The second-order valence-electron chi connectivity index (χ2n) is 6.22. The molecule has 1 saturated heterocycles. The van der Waals surface area contributed by atoms with E-state index in [4.69, 9.17) is 11.6 Å². The third-order valence-electron chi connectivity index (χ3n) is 4.50. The summed E-state index contributed by atoms with van der Waals surface area (Å²) in [5, 5.41) is 6.19. The largest absolute Gasteiger partial charge is 0.443 e. The van der Waals surface area contributed by atoms with Crippen molar-refractivity contribution in [2.24, 2.45) is 0 Å². The van der Waals surface area contributed by atoms with Gasteiger partial charge in [0.05, 0.1) is 12.2 Å². The summed E-state index contributed by atoms with van der Waals surface area (Å²) in [5.41, 5.74) is 0.524. The lowest BCUT2D eigenvalue weighted by atomic mass is 10.2. The Bertz CT molecular complexity index is 806. The predicted octanol–water partition coefficient (Wildman–Crippen LogP) is 3.10. The van der Waals surface area contributed by atoms with Gasteiger partial charge in [-0.25, -0.2) is 9.67 Å². The van der Waals surface area contributed by atoms with E-state index in [1.165, 1.54) is 10.9 Å². The second-order valence-corrected chi connectivity index (χ2v) is 7.58. The van der Waals surface area contributed by atoms with Gasteiger partial charge in [0.1, 0.15) is 5.00 Å². The third kappa shape index (κ3) is 3.86. The quantitative estimate of drug-likeness (QED) is 0.846. The van der Waals surface area contributed by atoms with Crippen LogP contribution in [0.15, 0.2) is 12.4 Å². The van der Waals surface area contributed by atoms with Crippen molar-refractivity contribution in [1.29, 1.82) is 0 Å². The number of carbonyl (C=O) groups excluding carboxylic acids is 1. The molecule has 3 rings (SSSR count). The van der Waals surface area contributed by atoms with E-state index in [0.29, 0.717) is 22.9 Å². The molecule has 2 atom stereocenters. The Morgan fingerprint density at radius 2 is 2.19 bits per heavy atom. The van der Waals surface area contributed by atoms with E-state index in [1.54, 1.807) is 0 Å². The number of amides is 1. The molecule has 0 aromatic carbocycles. The number of thiazole rings is 1. The molecule has 1 fully saturated rings. The number of aromatic nitrogens is 3. The van der Waals surface area contributed by atoms with Gasteiger partial charge in [-0.3, -0.25) is 9.69 Å². The van der Waals surface area contributed by atoms with Crippen LogP contribution < -0.4 is 5.32 Å². The topological polar surface area (TPSA) is 63.1 Å². The molecule has 11 heteroatoms. The van der Waals surface area contributed by atoms with Crippen LogP contribution in [0.4, 0.5) is 13.2 Å². The lowest BCUT2D eigenvalue weighted by molar-refractivity contribution is -0.137. The Kier molecular flexibility index (Phi) is 5.27. The molecule has 0 bridgehead atoms. The number of nitrogens with zero attached hydrogens (tertiary/aromatic N) is 4. The fourth-order valence-electron chi connectivity index (χ4n) is 2.85. The Morgan fingerprint density at radius 3 is 2.77 bits per heavy atom. The lowest BCUT2D eigenvalue weighted by Gasteiger charge is -2.22. The van der Waals surface area contributed by atoms with Crippen molar-refractivity contribution in [1.82, 2.24) is 25.0 Å². The van der Waals surface area contributed by atoms with Crippen LogP contribution in [-0.2, 0) is 17.5 Å². The molecule has 1 N–H and O–H groups in total. The summed E-state index contributed by atoms with van der Waals surface area (Å²) in [6.07, 6.45) is -0.162. The van der Waals surface area contributed by atoms with E-state index in [2.05, 4.69) is 22.3 Å². The van der Waals surface area contributed by atoms with Gasteiger partial charge in [-0.15, -0.1) is 0 Å². The molecule has 0 spiro atoms. The molecule has 1 aliphatic heterocycles. The first-order valence-electron chi connectivity index (χ1n) is 7.94. The number of nitrogens with one attached hydrogen (secondary N) is 1. The Morgan fingerprint density at radius 1 is 1.46 bits per heavy atom. The maximum Gasteiger partial charge on any atom is 0.443 e. The summed E-state index contributed by atoms with van der Waals surface area (Å²) in [6, 6.07) is 0.168. The molecule has 0 radical (unpaired) electrons. The fraction of sp³-hybridized carbons (Fsp3) is 0.533. The summed E-state index contributed by atoms with van der Waals surface area (Å²) in [7, 11) is 1.91. The highest BCUT2D eigenvalue weighted by Crippen LogP contribution is 2.34.